The van der Waals surface area contributed by atoms with Crippen LogP contribution in [0.5, 0.6) is 0 Å². The predicted octanol–water partition coefficient (Wildman–Crippen LogP) is 3.98. The normalized spacial score (nSPS) is 12.0. The molecule has 2 rings (SSSR count). The second-order valence-corrected chi connectivity index (χ2v) is 5.61. The van der Waals surface area contributed by atoms with Gasteiger partial charge in [-0.25, -0.2) is 0 Å². The third kappa shape index (κ3) is 4.18. The average molecular weight is 296 g/mol. The lowest BCUT2D eigenvalue weighted by atomic mass is 10.1. The molecule has 2 N–H and O–H groups in total. The summed E-state index contributed by atoms with van der Waals surface area (Å²) in [6, 6.07) is 15.6. The number of benzene rings is 2. The molecular weight excluding hydrogens is 272 g/mol. The van der Waals surface area contributed by atoms with Gasteiger partial charge in [-0.3, -0.25) is 4.79 Å². The van der Waals surface area contributed by atoms with Crippen molar-refractivity contribution < 1.29 is 4.79 Å². The molecule has 0 bridgehead atoms. The molecule has 1 unspecified atom stereocenters. The maximum absolute atomic E-state index is 12.7. The second kappa shape index (κ2) is 7.76. The molecule has 0 aliphatic carbocycles. The fourth-order valence-corrected chi connectivity index (χ4v) is 2.37. The lowest BCUT2D eigenvalue weighted by Crippen LogP contribution is -2.33. The summed E-state index contributed by atoms with van der Waals surface area (Å²) in [4.78, 5) is 12.7. The summed E-state index contributed by atoms with van der Waals surface area (Å²) in [5.74, 6) is -0.0200. The molecule has 2 aromatic rings. The van der Waals surface area contributed by atoms with E-state index in [2.05, 4.69) is 23.6 Å². The summed E-state index contributed by atoms with van der Waals surface area (Å²) in [6.45, 7) is 6.93. The van der Waals surface area contributed by atoms with Gasteiger partial charge in [0, 0.05) is 5.69 Å². The third-order valence-corrected chi connectivity index (χ3v) is 3.64. The molecule has 0 heterocycles. The standard InChI is InChI=1S/C19H24N2O/c1-4-12-20-18(16-8-6-5-7-9-16)19(22)21-17-13-14(2)10-11-15(17)3/h5-11,13,18,20H,4,12H2,1-3H3,(H,21,22). The predicted molar refractivity (Wildman–Crippen MR) is 92.0 cm³/mol. The number of anilines is 1. The van der Waals surface area contributed by atoms with Crippen molar-refractivity contribution in [1.82, 2.24) is 5.32 Å². The Bertz CT molecular complexity index is 623. The van der Waals surface area contributed by atoms with E-state index in [4.69, 9.17) is 0 Å². The van der Waals surface area contributed by atoms with Crippen molar-refractivity contribution in [1.29, 1.82) is 0 Å². The zero-order chi connectivity index (χ0) is 15.9. The van der Waals surface area contributed by atoms with E-state index in [0.29, 0.717) is 0 Å². The molecule has 0 fully saturated rings. The van der Waals surface area contributed by atoms with Crippen molar-refractivity contribution in [2.45, 2.75) is 33.2 Å². The van der Waals surface area contributed by atoms with Gasteiger partial charge < -0.3 is 10.6 Å². The van der Waals surface area contributed by atoms with E-state index in [-0.39, 0.29) is 11.9 Å². The zero-order valence-electron chi connectivity index (χ0n) is 13.5. The summed E-state index contributed by atoms with van der Waals surface area (Å²) < 4.78 is 0. The number of aryl methyl sites for hydroxylation is 2. The van der Waals surface area contributed by atoms with Crippen molar-refractivity contribution in [3.05, 3.63) is 65.2 Å². The Morgan fingerprint density at radius 3 is 2.50 bits per heavy atom. The van der Waals surface area contributed by atoms with Gasteiger partial charge in [0.25, 0.3) is 0 Å². The molecular formula is C19H24N2O. The average Bonchev–Trinajstić information content (AvgIpc) is 2.52. The van der Waals surface area contributed by atoms with Gasteiger partial charge in [0.1, 0.15) is 6.04 Å². The van der Waals surface area contributed by atoms with Gasteiger partial charge in [-0.1, -0.05) is 49.4 Å². The number of amides is 1. The Hall–Kier alpha value is -2.13. The summed E-state index contributed by atoms with van der Waals surface area (Å²) >= 11 is 0. The second-order valence-electron chi connectivity index (χ2n) is 5.61. The fourth-order valence-electron chi connectivity index (χ4n) is 2.37. The van der Waals surface area contributed by atoms with Crippen molar-refractivity contribution >= 4 is 11.6 Å². The molecule has 0 saturated carbocycles. The summed E-state index contributed by atoms with van der Waals surface area (Å²) in [5.41, 5.74) is 4.07. The summed E-state index contributed by atoms with van der Waals surface area (Å²) in [6.07, 6.45) is 0.986. The van der Waals surface area contributed by atoms with Crippen molar-refractivity contribution in [3.8, 4) is 0 Å². The van der Waals surface area contributed by atoms with E-state index in [0.717, 1.165) is 35.3 Å². The highest BCUT2D eigenvalue weighted by Gasteiger charge is 2.20. The number of hydrogen-bond acceptors (Lipinski definition) is 2. The minimum Gasteiger partial charge on any atom is -0.324 e. The van der Waals surface area contributed by atoms with Crippen molar-refractivity contribution in [3.63, 3.8) is 0 Å². The Morgan fingerprint density at radius 2 is 1.82 bits per heavy atom. The first-order chi connectivity index (χ1) is 10.6. The molecule has 0 aliphatic rings. The van der Waals surface area contributed by atoms with Crippen LogP contribution in [0.15, 0.2) is 48.5 Å². The van der Waals surface area contributed by atoms with Crippen LogP contribution < -0.4 is 10.6 Å². The monoisotopic (exact) mass is 296 g/mol. The van der Waals surface area contributed by atoms with Crippen molar-refractivity contribution in [2.75, 3.05) is 11.9 Å². The molecule has 0 aliphatic heterocycles. The first-order valence-electron chi connectivity index (χ1n) is 7.78. The van der Waals surface area contributed by atoms with Gasteiger partial charge in [-0.15, -0.1) is 0 Å². The zero-order valence-corrected chi connectivity index (χ0v) is 13.5. The van der Waals surface area contributed by atoms with Gasteiger partial charge >= 0.3 is 0 Å². The van der Waals surface area contributed by atoms with E-state index in [1.165, 1.54) is 0 Å². The molecule has 3 nitrogen and oxygen atoms in total. The quantitative estimate of drug-likeness (QED) is 0.846. The van der Waals surface area contributed by atoms with Crippen LogP contribution >= 0.6 is 0 Å². The number of hydrogen-bond donors (Lipinski definition) is 2. The number of carbonyl (C=O) groups is 1. The maximum atomic E-state index is 12.7. The van der Waals surface area contributed by atoms with Gasteiger partial charge in [-0.2, -0.15) is 0 Å². The Morgan fingerprint density at radius 1 is 1.09 bits per heavy atom. The number of nitrogens with one attached hydrogen (secondary N) is 2. The molecule has 0 aromatic heterocycles. The first-order valence-corrected chi connectivity index (χ1v) is 7.78. The van der Waals surface area contributed by atoms with E-state index < -0.39 is 0 Å². The molecule has 3 heteroatoms. The lowest BCUT2D eigenvalue weighted by molar-refractivity contribution is -0.118. The van der Waals surface area contributed by atoms with Gasteiger partial charge in [0.05, 0.1) is 0 Å². The molecule has 116 valence electrons. The summed E-state index contributed by atoms with van der Waals surface area (Å²) in [7, 11) is 0. The molecule has 0 spiro atoms. The molecule has 1 amide bonds. The van der Waals surface area contributed by atoms with E-state index in [9.17, 15) is 4.79 Å². The highest BCUT2D eigenvalue weighted by atomic mass is 16.2. The number of carbonyl (C=O) groups excluding carboxylic acids is 1. The smallest absolute Gasteiger partial charge is 0.246 e. The number of rotatable bonds is 6. The van der Waals surface area contributed by atoms with Crippen LogP contribution in [-0.4, -0.2) is 12.5 Å². The molecule has 0 saturated heterocycles. The van der Waals surface area contributed by atoms with Crippen LogP contribution in [0.1, 0.15) is 36.1 Å². The molecule has 0 radical (unpaired) electrons. The third-order valence-electron chi connectivity index (χ3n) is 3.64. The van der Waals surface area contributed by atoms with E-state index >= 15 is 0 Å². The van der Waals surface area contributed by atoms with Gasteiger partial charge in [-0.05, 0) is 49.6 Å². The first kappa shape index (κ1) is 16.2. The lowest BCUT2D eigenvalue weighted by Gasteiger charge is -2.19. The van der Waals surface area contributed by atoms with Crippen LogP contribution in [-0.2, 0) is 4.79 Å². The fraction of sp³-hybridized carbons (Fsp3) is 0.316. The Balaban J connectivity index is 2.20. The van der Waals surface area contributed by atoms with Crippen LogP contribution in [0.4, 0.5) is 5.69 Å². The highest BCUT2D eigenvalue weighted by molar-refractivity contribution is 5.96. The largest absolute Gasteiger partial charge is 0.324 e. The molecule has 2 aromatic carbocycles. The van der Waals surface area contributed by atoms with Crippen LogP contribution in [0.25, 0.3) is 0 Å². The van der Waals surface area contributed by atoms with Crippen LogP contribution in [0, 0.1) is 13.8 Å². The molecule has 22 heavy (non-hydrogen) atoms. The van der Waals surface area contributed by atoms with Gasteiger partial charge in [0.15, 0.2) is 0 Å². The molecule has 1 atom stereocenters. The Labute approximate surface area is 132 Å². The van der Waals surface area contributed by atoms with Crippen LogP contribution in [0.3, 0.4) is 0 Å². The van der Waals surface area contributed by atoms with Crippen LogP contribution in [0.2, 0.25) is 0 Å². The maximum Gasteiger partial charge on any atom is 0.246 e. The SMILES string of the molecule is CCCNC(C(=O)Nc1cc(C)ccc1C)c1ccccc1. The summed E-state index contributed by atoms with van der Waals surface area (Å²) in [5, 5.41) is 6.38. The minimum absolute atomic E-state index is 0.0200. The minimum atomic E-state index is -0.332. The van der Waals surface area contributed by atoms with Crippen molar-refractivity contribution in [2.24, 2.45) is 0 Å². The highest BCUT2D eigenvalue weighted by Crippen LogP contribution is 2.20. The van der Waals surface area contributed by atoms with E-state index in [1.54, 1.807) is 0 Å². The topological polar surface area (TPSA) is 41.1 Å². The van der Waals surface area contributed by atoms with E-state index in [1.807, 2.05) is 56.3 Å². The Kier molecular flexibility index (Phi) is 5.73. The van der Waals surface area contributed by atoms with Gasteiger partial charge in [0.2, 0.25) is 5.91 Å².